The molecule has 0 spiro atoms. The van der Waals surface area contributed by atoms with E-state index in [0.29, 0.717) is 16.8 Å². The Bertz CT molecular complexity index is 1340. The lowest BCUT2D eigenvalue weighted by atomic mass is 9.99. The van der Waals surface area contributed by atoms with Crippen molar-refractivity contribution < 1.29 is 4.79 Å². The molecule has 4 heterocycles. The van der Waals surface area contributed by atoms with Crippen molar-refractivity contribution in [3.8, 4) is 5.00 Å². The Labute approximate surface area is 193 Å². The maximum absolute atomic E-state index is 12.8. The normalized spacial score (nSPS) is 15.0. The molecule has 1 unspecified atom stereocenters. The van der Waals surface area contributed by atoms with Crippen molar-refractivity contribution in [2.45, 2.75) is 33.2 Å². The van der Waals surface area contributed by atoms with Crippen LogP contribution in [0.2, 0.25) is 5.02 Å². The number of carbonyl (C=O) groups excluding carboxylic acids is 1. The molecule has 10 heteroatoms. The van der Waals surface area contributed by atoms with Crippen molar-refractivity contribution in [1.82, 2.24) is 24.7 Å². The summed E-state index contributed by atoms with van der Waals surface area (Å²) in [5.74, 6) is 1.58. The Morgan fingerprint density at radius 1 is 1.22 bits per heavy atom. The van der Waals surface area contributed by atoms with Crippen molar-refractivity contribution >= 4 is 40.5 Å². The van der Waals surface area contributed by atoms with E-state index < -0.39 is 6.04 Å². The maximum Gasteiger partial charge on any atom is 0.229 e. The highest BCUT2D eigenvalue weighted by atomic mass is 35.5. The summed E-state index contributed by atoms with van der Waals surface area (Å²) in [7, 11) is 0. The number of hydrogen-bond acceptors (Lipinski definition) is 6. The van der Waals surface area contributed by atoms with Crippen LogP contribution in [0.3, 0.4) is 0 Å². The van der Waals surface area contributed by atoms with Crippen LogP contribution in [0.1, 0.15) is 45.7 Å². The Balaban J connectivity index is 1.66. The van der Waals surface area contributed by atoms with Gasteiger partial charge in [0.1, 0.15) is 16.9 Å². The van der Waals surface area contributed by atoms with Gasteiger partial charge in [-0.25, -0.2) is 4.98 Å². The molecule has 0 saturated heterocycles. The minimum atomic E-state index is -0.517. The van der Waals surface area contributed by atoms with Gasteiger partial charge in [0.05, 0.1) is 12.1 Å². The molecule has 32 heavy (non-hydrogen) atoms. The Kier molecular flexibility index (Phi) is 5.15. The van der Waals surface area contributed by atoms with Gasteiger partial charge in [-0.05, 0) is 38.5 Å². The number of aryl methyl sites for hydroxylation is 2. The standard InChI is InChI=1S/C22H20ClN7OS/c1-11-12(2)32-21-18(11)19(14-4-6-15(23)7-5-14)26-16(20-29-28-13(3)30(20)21)10-17(31)27-22-24-8-9-25-22/h4-9,16H,10H2,1-3H3,(H2,24,25,27,31). The molecule has 3 aromatic heterocycles. The second-order valence-corrected chi connectivity index (χ2v) is 9.23. The number of thiophene rings is 1. The third-order valence-electron chi connectivity index (χ3n) is 5.49. The highest BCUT2D eigenvalue weighted by Gasteiger charge is 2.32. The number of aromatic nitrogens is 5. The number of aliphatic imine (C=N–C) groups is 1. The fraction of sp³-hybridized carbons (Fsp3) is 0.227. The number of nitrogens with zero attached hydrogens (tertiary/aromatic N) is 5. The van der Waals surface area contributed by atoms with Gasteiger partial charge in [0, 0.05) is 33.4 Å². The van der Waals surface area contributed by atoms with Crippen molar-refractivity contribution in [3.63, 3.8) is 0 Å². The smallest absolute Gasteiger partial charge is 0.229 e. The van der Waals surface area contributed by atoms with Crippen LogP contribution in [0.15, 0.2) is 41.7 Å². The van der Waals surface area contributed by atoms with E-state index in [-0.39, 0.29) is 12.3 Å². The second kappa shape index (κ2) is 7.99. The van der Waals surface area contributed by atoms with Gasteiger partial charge < -0.3 is 4.98 Å². The summed E-state index contributed by atoms with van der Waals surface area (Å²) in [6.45, 7) is 6.11. The van der Waals surface area contributed by atoms with Crippen LogP contribution in [-0.4, -0.2) is 36.4 Å². The lowest BCUT2D eigenvalue weighted by molar-refractivity contribution is -0.116. The average molecular weight is 466 g/mol. The van der Waals surface area contributed by atoms with Crippen molar-refractivity contribution in [1.29, 1.82) is 0 Å². The van der Waals surface area contributed by atoms with Crippen LogP contribution in [-0.2, 0) is 4.79 Å². The van der Waals surface area contributed by atoms with Crippen LogP contribution in [0, 0.1) is 20.8 Å². The second-order valence-electron chi connectivity index (χ2n) is 7.59. The molecule has 0 radical (unpaired) electrons. The molecule has 162 valence electrons. The summed E-state index contributed by atoms with van der Waals surface area (Å²) in [6.07, 6.45) is 3.34. The number of aromatic amines is 1. The Morgan fingerprint density at radius 3 is 2.72 bits per heavy atom. The maximum atomic E-state index is 12.8. The molecule has 0 fully saturated rings. The first kappa shape index (κ1) is 20.6. The van der Waals surface area contributed by atoms with Gasteiger partial charge in [0.25, 0.3) is 0 Å². The predicted molar refractivity (Wildman–Crippen MR) is 125 cm³/mol. The lowest BCUT2D eigenvalue weighted by Crippen LogP contribution is -2.18. The summed E-state index contributed by atoms with van der Waals surface area (Å²) in [5.41, 5.74) is 3.94. The molecule has 1 aliphatic heterocycles. The van der Waals surface area contributed by atoms with Crippen LogP contribution in [0.25, 0.3) is 5.00 Å². The number of anilines is 1. The van der Waals surface area contributed by atoms with Gasteiger partial charge in [-0.2, -0.15) is 0 Å². The minimum Gasteiger partial charge on any atom is -0.331 e. The summed E-state index contributed by atoms with van der Waals surface area (Å²) < 4.78 is 2.03. The van der Waals surface area contributed by atoms with E-state index in [1.54, 1.807) is 23.7 Å². The van der Waals surface area contributed by atoms with E-state index in [4.69, 9.17) is 16.6 Å². The number of H-pyrrole nitrogens is 1. The monoisotopic (exact) mass is 465 g/mol. The molecule has 4 aromatic rings. The molecule has 1 amide bonds. The highest BCUT2D eigenvalue weighted by Crippen LogP contribution is 2.39. The molecular weight excluding hydrogens is 446 g/mol. The number of carbonyl (C=O) groups is 1. The fourth-order valence-corrected chi connectivity index (χ4v) is 5.16. The predicted octanol–water partition coefficient (Wildman–Crippen LogP) is 4.55. The number of fused-ring (bicyclic) bond motifs is 3. The van der Waals surface area contributed by atoms with Gasteiger partial charge in [-0.1, -0.05) is 23.7 Å². The Morgan fingerprint density at radius 2 is 2.00 bits per heavy atom. The van der Waals surface area contributed by atoms with Crippen molar-refractivity contribution in [2.24, 2.45) is 4.99 Å². The van der Waals surface area contributed by atoms with Crippen LogP contribution in [0.5, 0.6) is 0 Å². The molecular formula is C22H20ClN7OS. The lowest BCUT2D eigenvalue weighted by Gasteiger charge is -2.12. The van der Waals surface area contributed by atoms with E-state index in [2.05, 4.69) is 39.3 Å². The van der Waals surface area contributed by atoms with E-state index in [9.17, 15) is 4.79 Å². The first-order valence-corrected chi connectivity index (χ1v) is 11.3. The summed E-state index contributed by atoms with van der Waals surface area (Å²) in [6, 6.07) is 7.09. The Hall–Kier alpha value is -3.30. The summed E-state index contributed by atoms with van der Waals surface area (Å²) >= 11 is 7.82. The summed E-state index contributed by atoms with van der Waals surface area (Å²) in [5, 5.41) is 13.2. The first-order chi connectivity index (χ1) is 15.4. The van der Waals surface area contributed by atoms with E-state index >= 15 is 0 Å². The minimum absolute atomic E-state index is 0.100. The number of imidazole rings is 1. The van der Waals surface area contributed by atoms with Crippen LogP contribution >= 0.6 is 22.9 Å². The van der Waals surface area contributed by atoms with Crippen LogP contribution in [0.4, 0.5) is 5.95 Å². The van der Waals surface area contributed by atoms with Gasteiger partial charge in [0.2, 0.25) is 11.9 Å². The number of amides is 1. The molecule has 1 atom stereocenters. The summed E-state index contributed by atoms with van der Waals surface area (Å²) in [4.78, 5) is 26.0. The van der Waals surface area contributed by atoms with Gasteiger partial charge in [0.15, 0.2) is 5.82 Å². The van der Waals surface area contributed by atoms with Gasteiger partial charge >= 0.3 is 0 Å². The highest BCUT2D eigenvalue weighted by molar-refractivity contribution is 7.15. The van der Waals surface area contributed by atoms with Gasteiger partial charge in [-0.3, -0.25) is 19.7 Å². The van der Waals surface area contributed by atoms with E-state index in [1.165, 1.54) is 4.88 Å². The molecule has 0 bridgehead atoms. The fourth-order valence-electron chi connectivity index (χ4n) is 3.82. The van der Waals surface area contributed by atoms with Crippen molar-refractivity contribution in [3.05, 3.63) is 74.9 Å². The average Bonchev–Trinajstić information content (AvgIpc) is 3.45. The van der Waals surface area contributed by atoms with E-state index in [1.807, 2.05) is 35.8 Å². The molecule has 5 rings (SSSR count). The molecule has 0 aliphatic carbocycles. The van der Waals surface area contributed by atoms with Crippen LogP contribution < -0.4 is 5.32 Å². The zero-order valence-electron chi connectivity index (χ0n) is 17.7. The van der Waals surface area contributed by atoms with Crippen molar-refractivity contribution in [2.75, 3.05) is 5.32 Å². The number of nitrogens with one attached hydrogen (secondary N) is 2. The molecule has 1 aliphatic rings. The van der Waals surface area contributed by atoms with Gasteiger partial charge in [-0.15, -0.1) is 21.5 Å². The molecule has 8 nitrogen and oxygen atoms in total. The number of hydrogen-bond donors (Lipinski definition) is 2. The SMILES string of the molecule is Cc1sc2c(c1C)C(c1ccc(Cl)cc1)=NC(CC(=O)Nc1ncc[nH]1)c1nnc(C)n1-2. The molecule has 1 aromatic carbocycles. The topological polar surface area (TPSA) is 101 Å². The molecule has 0 saturated carbocycles. The third-order valence-corrected chi connectivity index (χ3v) is 6.94. The zero-order chi connectivity index (χ0) is 22.4. The first-order valence-electron chi connectivity index (χ1n) is 10.1. The molecule has 2 N–H and O–H groups in total. The quantitative estimate of drug-likeness (QED) is 0.461. The zero-order valence-corrected chi connectivity index (χ0v) is 19.3. The third kappa shape index (κ3) is 3.53. The van der Waals surface area contributed by atoms with E-state index in [0.717, 1.165) is 33.2 Å². The number of benzene rings is 1. The number of halogens is 1. The number of rotatable bonds is 4. The largest absolute Gasteiger partial charge is 0.331 e.